The van der Waals surface area contributed by atoms with Crippen molar-refractivity contribution in [3.63, 3.8) is 0 Å². The van der Waals surface area contributed by atoms with Gasteiger partial charge < -0.3 is 16.0 Å². The molecule has 27 heavy (non-hydrogen) atoms. The van der Waals surface area contributed by atoms with Gasteiger partial charge in [0.1, 0.15) is 0 Å². The van der Waals surface area contributed by atoms with Gasteiger partial charge in [-0.25, -0.2) is 8.42 Å². The first-order valence-corrected chi connectivity index (χ1v) is 10.5. The number of guanidine groups is 1. The topological polar surface area (TPSA) is 99.7 Å². The van der Waals surface area contributed by atoms with Gasteiger partial charge in [-0.2, -0.15) is 0 Å². The van der Waals surface area contributed by atoms with Crippen LogP contribution in [0.2, 0.25) is 0 Å². The Labute approximate surface area is 178 Å². The molecule has 0 saturated carbocycles. The second kappa shape index (κ2) is 9.72. The molecule has 1 heterocycles. The number of hydrogen-bond donors (Lipinski definition) is 3. The molecule has 1 saturated heterocycles. The van der Waals surface area contributed by atoms with Gasteiger partial charge in [0, 0.05) is 30.7 Å². The van der Waals surface area contributed by atoms with E-state index in [0.29, 0.717) is 24.5 Å². The second-order valence-electron chi connectivity index (χ2n) is 7.57. The Morgan fingerprint density at radius 1 is 1.30 bits per heavy atom. The number of sulfone groups is 1. The fourth-order valence-electron chi connectivity index (χ4n) is 2.72. The average molecular weight is 508 g/mol. The van der Waals surface area contributed by atoms with Gasteiger partial charge >= 0.3 is 0 Å². The molecular weight excluding hydrogens is 479 g/mol. The highest BCUT2D eigenvalue weighted by atomic mass is 127. The highest BCUT2D eigenvalue weighted by molar-refractivity contribution is 14.0. The van der Waals surface area contributed by atoms with Crippen molar-refractivity contribution < 1.29 is 13.2 Å². The molecule has 1 atom stereocenters. The molecule has 1 aliphatic rings. The van der Waals surface area contributed by atoms with Crippen LogP contribution in [0, 0.1) is 0 Å². The highest BCUT2D eigenvalue weighted by Crippen LogP contribution is 2.11. The summed E-state index contributed by atoms with van der Waals surface area (Å²) in [5.41, 5.74) is 1.25. The largest absolute Gasteiger partial charge is 0.353 e. The van der Waals surface area contributed by atoms with Gasteiger partial charge in [0.2, 0.25) is 0 Å². The molecule has 3 N–H and O–H groups in total. The Hall–Kier alpha value is -1.36. The van der Waals surface area contributed by atoms with Crippen LogP contribution in [0.1, 0.15) is 43.1 Å². The molecule has 0 aromatic heterocycles. The Bertz CT molecular complexity index is 788. The van der Waals surface area contributed by atoms with Gasteiger partial charge in [-0.1, -0.05) is 12.1 Å². The van der Waals surface area contributed by atoms with E-state index in [1.807, 2.05) is 39.0 Å². The maximum Gasteiger partial charge on any atom is 0.251 e. The van der Waals surface area contributed by atoms with E-state index in [1.54, 1.807) is 13.1 Å². The molecule has 0 aliphatic carbocycles. The number of amides is 1. The van der Waals surface area contributed by atoms with E-state index in [4.69, 9.17) is 0 Å². The van der Waals surface area contributed by atoms with Crippen molar-refractivity contribution in [3.8, 4) is 0 Å². The lowest BCUT2D eigenvalue weighted by atomic mass is 10.1. The summed E-state index contributed by atoms with van der Waals surface area (Å²) in [6.45, 7) is 6.30. The van der Waals surface area contributed by atoms with Crippen LogP contribution in [0.15, 0.2) is 29.3 Å². The number of aliphatic imine (C=N–C) groups is 1. The number of nitrogens with zero attached hydrogens (tertiary/aromatic N) is 1. The molecule has 1 amide bonds. The van der Waals surface area contributed by atoms with Crippen LogP contribution in [-0.2, 0) is 16.4 Å². The molecule has 0 spiro atoms. The van der Waals surface area contributed by atoms with Gasteiger partial charge in [0.15, 0.2) is 15.8 Å². The number of carbonyl (C=O) groups is 1. The van der Waals surface area contributed by atoms with Crippen LogP contribution < -0.4 is 16.0 Å². The van der Waals surface area contributed by atoms with Crippen LogP contribution in [-0.4, -0.2) is 50.4 Å². The highest BCUT2D eigenvalue weighted by Gasteiger charge is 2.28. The minimum atomic E-state index is -2.94. The van der Waals surface area contributed by atoms with Gasteiger partial charge in [0.25, 0.3) is 5.91 Å². The average Bonchev–Trinajstić information content (AvgIpc) is 2.89. The third-order valence-electron chi connectivity index (χ3n) is 3.93. The van der Waals surface area contributed by atoms with Crippen LogP contribution in [0.3, 0.4) is 0 Å². The zero-order valence-corrected chi connectivity index (χ0v) is 19.4. The molecule has 1 fully saturated rings. The monoisotopic (exact) mass is 508 g/mol. The van der Waals surface area contributed by atoms with Crippen molar-refractivity contribution in [1.82, 2.24) is 16.0 Å². The van der Waals surface area contributed by atoms with Gasteiger partial charge in [-0.15, -0.1) is 24.0 Å². The van der Waals surface area contributed by atoms with E-state index >= 15 is 0 Å². The summed E-state index contributed by atoms with van der Waals surface area (Å²) in [5.74, 6) is 0.789. The third kappa shape index (κ3) is 8.04. The zero-order valence-electron chi connectivity index (χ0n) is 16.2. The number of benzene rings is 1. The number of halogens is 1. The van der Waals surface area contributed by atoms with Gasteiger partial charge in [0.05, 0.1) is 11.5 Å². The number of hydrogen-bond acceptors (Lipinski definition) is 4. The summed E-state index contributed by atoms with van der Waals surface area (Å²) >= 11 is 0. The van der Waals surface area contributed by atoms with Crippen molar-refractivity contribution >= 4 is 45.7 Å². The van der Waals surface area contributed by atoms with Crippen molar-refractivity contribution in [1.29, 1.82) is 0 Å². The van der Waals surface area contributed by atoms with Crippen LogP contribution in [0.25, 0.3) is 0 Å². The Balaban J connectivity index is 0.00000364. The lowest BCUT2D eigenvalue weighted by Crippen LogP contribution is -2.43. The van der Waals surface area contributed by atoms with E-state index in [-0.39, 0.29) is 53.0 Å². The smallest absolute Gasteiger partial charge is 0.251 e. The predicted octanol–water partition coefficient (Wildman–Crippen LogP) is 1.68. The van der Waals surface area contributed by atoms with Crippen molar-refractivity contribution in [2.45, 2.75) is 45.3 Å². The van der Waals surface area contributed by atoms with Crippen molar-refractivity contribution in [2.24, 2.45) is 4.99 Å². The maximum absolute atomic E-state index is 12.3. The minimum Gasteiger partial charge on any atom is -0.353 e. The lowest BCUT2D eigenvalue weighted by Gasteiger charge is -2.20. The van der Waals surface area contributed by atoms with Crippen LogP contribution in [0.4, 0.5) is 0 Å². The first-order valence-electron chi connectivity index (χ1n) is 8.67. The molecule has 0 bridgehead atoms. The normalized spacial score (nSPS) is 19.1. The second-order valence-corrected chi connectivity index (χ2v) is 9.80. The minimum absolute atomic E-state index is 0. The first-order chi connectivity index (χ1) is 12.1. The fraction of sp³-hybridized carbons (Fsp3) is 0.556. The molecule has 152 valence electrons. The first kappa shape index (κ1) is 23.7. The Kier molecular flexibility index (Phi) is 8.52. The summed E-state index contributed by atoms with van der Waals surface area (Å²) in [5, 5.41) is 9.25. The molecule has 2 rings (SSSR count). The summed E-state index contributed by atoms with van der Waals surface area (Å²) in [6.07, 6.45) is 0.589. The zero-order chi connectivity index (χ0) is 19.4. The molecule has 1 aromatic rings. The summed E-state index contributed by atoms with van der Waals surface area (Å²) < 4.78 is 23.1. The van der Waals surface area contributed by atoms with Crippen molar-refractivity contribution in [2.75, 3.05) is 18.6 Å². The number of rotatable bonds is 4. The van der Waals surface area contributed by atoms with Crippen molar-refractivity contribution in [3.05, 3.63) is 35.4 Å². The van der Waals surface area contributed by atoms with E-state index in [2.05, 4.69) is 20.9 Å². The fourth-order valence-corrected chi connectivity index (χ4v) is 4.39. The van der Waals surface area contributed by atoms with Crippen LogP contribution in [0.5, 0.6) is 0 Å². The number of carbonyl (C=O) groups excluding carboxylic acids is 1. The molecule has 7 nitrogen and oxygen atoms in total. The summed E-state index contributed by atoms with van der Waals surface area (Å²) in [6, 6.07) is 7.26. The Morgan fingerprint density at radius 3 is 2.56 bits per heavy atom. The lowest BCUT2D eigenvalue weighted by molar-refractivity contribution is 0.0919. The van der Waals surface area contributed by atoms with Gasteiger partial charge in [-0.3, -0.25) is 9.79 Å². The SMILES string of the molecule is CN=C(NCc1cccc(C(=O)NC(C)(C)C)c1)NC1CCS(=O)(=O)C1.I. The summed E-state index contributed by atoms with van der Waals surface area (Å²) in [4.78, 5) is 16.4. The molecule has 1 unspecified atom stereocenters. The predicted molar refractivity (Wildman–Crippen MR) is 119 cm³/mol. The maximum atomic E-state index is 12.3. The Morgan fingerprint density at radius 2 is 2.00 bits per heavy atom. The summed E-state index contributed by atoms with van der Waals surface area (Å²) in [7, 11) is -1.29. The van der Waals surface area contributed by atoms with E-state index in [1.165, 1.54) is 0 Å². The molecule has 1 aliphatic heterocycles. The number of nitrogens with one attached hydrogen (secondary N) is 3. The van der Waals surface area contributed by atoms with E-state index in [0.717, 1.165) is 5.56 Å². The van der Waals surface area contributed by atoms with Gasteiger partial charge in [-0.05, 0) is 44.9 Å². The van der Waals surface area contributed by atoms with E-state index < -0.39 is 9.84 Å². The molecule has 0 radical (unpaired) electrons. The van der Waals surface area contributed by atoms with E-state index in [9.17, 15) is 13.2 Å². The third-order valence-corrected chi connectivity index (χ3v) is 5.70. The molecule has 1 aromatic carbocycles. The standard InChI is InChI=1S/C18H28N4O3S.HI/c1-18(2,3)22-16(23)14-7-5-6-13(10-14)11-20-17(19-4)21-15-8-9-26(24,25)12-15;/h5-7,10,15H,8-9,11-12H2,1-4H3,(H,22,23)(H2,19,20,21);1H. The molecular formula is C18H29IN4O3S. The quantitative estimate of drug-likeness (QED) is 0.327. The van der Waals surface area contributed by atoms with Crippen LogP contribution >= 0.6 is 24.0 Å². The molecule has 9 heteroatoms.